The average Bonchev–Trinajstić information content (AvgIpc) is 2.46. The first kappa shape index (κ1) is 18.7. The van der Waals surface area contributed by atoms with Crippen LogP contribution >= 0.6 is 0 Å². The number of aliphatic hydroxyl groups is 5. The second-order valence-electron chi connectivity index (χ2n) is 5.01. The molecule has 1 rings (SSSR count). The minimum Gasteiger partial charge on any atom is -0.394 e. The first-order chi connectivity index (χ1) is 10.2. The summed E-state index contributed by atoms with van der Waals surface area (Å²) in [6, 6.07) is -1.25. The fourth-order valence-corrected chi connectivity index (χ4v) is 2.22. The SMILES string of the molecule is CC(=O)N[C@@H]1[C@@H](O)CC(O)(C(=O)ON)O[C@H]1C(O)C(O)CO. The van der Waals surface area contributed by atoms with E-state index < -0.39 is 61.1 Å². The van der Waals surface area contributed by atoms with E-state index in [1.54, 1.807) is 0 Å². The molecule has 0 bridgehead atoms. The lowest BCUT2D eigenvalue weighted by molar-refractivity contribution is -0.297. The summed E-state index contributed by atoms with van der Waals surface area (Å²) in [6.07, 6.45) is -7.35. The van der Waals surface area contributed by atoms with Gasteiger partial charge < -0.3 is 40.4 Å². The number of hydrogen-bond donors (Lipinski definition) is 7. The Labute approximate surface area is 125 Å². The summed E-state index contributed by atoms with van der Waals surface area (Å²) in [7, 11) is 0. The van der Waals surface area contributed by atoms with E-state index in [1.807, 2.05) is 0 Å². The van der Waals surface area contributed by atoms with Crippen molar-refractivity contribution < 1.29 is 44.7 Å². The Morgan fingerprint density at radius 2 is 2.09 bits per heavy atom. The van der Waals surface area contributed by atoms with Crippen LogP contribution in [0.3, 0.4) is 0 Å². The van der Waals surface area contributed by atoms with Gasteiger partial charge in [0.2, 0.25) is 5.91 Å². The summed E-state index contributed by atoms with van der Waals surface area (Å²) in [5.74, 6) is -0.0281. The summed E-state index contributed by atoms with van der Waals surface area (Å²) in [5.41, 5.74) is 0. The first-order valence-corrected chi connectivity index (χ1v) is 6.39. The van der Waals surface area contributed by atoms with Gasteiger partial charge in [-0.1, -0.05) is 0 Å². The van der Waals surface area contributed by atoms with Gasteiger partial charge in [-0.2, -0.15) is 5.90 Å². The molecule has 1 fully saturated rings. The Hall–Kier alpha value is -1.34. The van der Waals surface area contributed by atoms with E-state index in [1.165, 1.54) is 0 Å². The number of aliphatic hydroxyl groups excluding tert-OH is 4. The quantitative estimate of drug-likeness (QED) is 0.242. The van der Waals surface area contributed by atoms with Crippen molar-refractivity contribution in [3.05, 3.63) is 0 Å². The van der Waals surface area contributed by atoms with Crippen LogP contribution in [0.25, 0.3) is 0 Å². The van der Waals surface area contributed by atoms with E-state index >= 15 is 0 Å². The number of rotatable bonds is 5. The van der Waals surface area contributed by atoms with E-state index in [0.29, 0.717) is 0 Å². The maximum absolute atomic E-state index is 11.5. The van der Waals surface area contributed by atoms with Crippen molar-refractivity contribution in [2.75, 3.05) is 6.61 Å². The van der Waals surface area contributed by atoms with Crippen molar-refractivity contribution in [2.24, 2.45) is 5.90 Å². The van der Waals surface area contributed by atoms with Gasteiger partial charge in [0.05, 0.1) is 18.8 Å². The molecule has 22 heavy (non-hydrogen) atoms. The number of amides is 1. The normalized spacial score (nSPS) is 34.6. The second-order valence-corrected chi connectivity index (χ2v) is 5.01. The Morgan fingerprint density at radius 3 is 2.55 bits per heavy atom. The number of carbonyl (C=O) groups excluding carboxylic acids is 2. The fourth-order valence-electron chi connectivity index (χ4n) is 2.22. The minimum atomic E-state index is -2.68. The molecule has 0 aliphatic carbocycles. The molecule has 11 heteroatoms. The van der Waals surface area contributed by atoms with E-state index in [0.717, 1.165) is 6.92 Å². The first-order valence-electron chi connectivity index (χ1n) is 6.39. The van der Waals surface area contributed by atoms with Crippen LogP contribution in [0.2, 0.25) is 0 Å². The number of nitrogens with two attached hydrogens (primary N) is 1. The Balaban J connectivity index is 3.09. The molecule has 0 radical (unpaired) electrons. The predicted molar refractivity (Wildman–Crippen MR) is 67.4 cm³/mol. The van der Waals surface area contributed by atoms with Crippen LogP contribution in [0, 0.1) is 0 Å². The molecular weight excluding hydrogens is 304 g/mol. The van der Waals surface area contributed by atoms with Crippen molar-refractivity contribution in [3.63, 3.8) is 0 Å². The molecule has 1 aliphatic heterocycles. The van der Waals surface area contributed by atoms with Crippen LogP contribution in [-0.2, 0) is 19.2 Å². The van der Waals surface area contributed by atoms with E-state index in [2.05, 4.69) is 16.1 Å². The molecule has 0 aromatic carbocycles. The third-order valence-corrected chi connectivity index (χ3v) is 3.30. The van der Waals surface area contributed by atoms with Crippen LogP contribution in [0.15, 0.2) is 0 Å². The van der Waals surface area contributed by atoms with Crippen LogP contribution in [-0.4, -0.2) is 80.3 Å². The van der Waals surface area contributed by atoms with Crippen LogP contribution < -0.4 is 11.2 Å². The third kappa shape index (κ3) is 3.89. The molecule has 6 atom stereocenters. The number of nitrogens with one attached hydrogen (secondary N) is 1. The predicted octanol–water partition coefficient (Wildman–Crippen LogP) is -4.54. The van der Waals surface area contributed by atoms with Gasteiger partial charge in [-0.25, -0.2) is 4.79 Å². The maximum Gasteiger partial charge on any atom is 0.385 e. The summed E-state index contributed by atoms with van der Waals surface area (Å²) in [4.78, 5) is 26.5. The van der Waals surface area contributed by atoms with Gasteiger partial charge in [0, 0.05) is 13.3 Å². The largest absolute Gasteiger partial charge is 0.394 e. The van der Waals surface area contributed by atoms with E-state index in [-0.39, 0.29) is 0 Å². The molecule has 3 unspecified atom stereocenters. The molecular formula is C11H20N2O9. The molecule has 1 heterocycles. The van der Waals surface area contributed by atoms with Crippen molar-refractivity contribution in [1.82, 2.24) is 5.32 Å². The highest BCUT2D eigenvalue weighted by molar-refractivity contribution is 5.77. The van der Waals surface area contributed by atoms with Crippen LogP contribution in [0.1, 0.15) is 13.3 Å². The average molecular weight is 324 g/mol. The standard InChI is InChI=1S/C11H20N2O9/c1-4(15)13-7-5(16)2-11(20,10(19)22-12)21-9(7)8(18)6(17)3-14/h5-9,14,16-18,20H,2-3,12H2,1H3,(H,13,15)/t5-,6?,7+,8?,9+,11?/m0/s1. The second kappa shape index (κ2) is 7.28. The van der Waals surface area contributed by atoms with Crippen LogP contribution in [0.5, 0.6) is 0 Å². The van der Waals surface area contributed by atoms with Gasteiger partial charge >= 0.3 is 5.97 Å². The molecule has 0 saturated carbocycles. The van der Waals surface area contributed by atoms with Gasteiger partial charge in [-0.05, 0) is 0 Å². The number of carbonyl (C=O) groups is 2. The highest BCUT2D eigenvalue weighted by Gasteiger charge is 2.54. The summed E-state index contributed by atoms with van der Waals surface area (Å²) >= 11 is 0. The molecule has 0 aromatic rings. The Kier molecular flexibility index (Phi) is 6.19. The molecule has 1 amide bonds. The number of hydrogen-bond acceptors (Lipinski definition) is 10. The lowest BCUT2D eigenvalue weighted by atomic mass is 9.88. The van der Waals surface area contributed by atoms with Gasteiger partial charge in [0.25, 0.3) is 5.79 Å². The Morgan fingerprint density at radius 1 is 1.50 bits per heavy atom. The van der Waals surface area contributed by atoms with E-state index in [9.17, 15) is 30.0 Å². The fraction of sp³-hybridized carbons (Fsp3) is 0.818. The highest BCUT2D eigenvalue weighted by atomic mass is 16.7. The zero-order valence-corrected chi connectivity index (χ0v) is 11.7. The monoisotopic (exact) mass is 324 g/mol. The highest BCUT2D eigenvalue weighted by Crippen LogP contribution is 2.31. The van der Waals surface area contributed by atoms with Gasteiger partial charge in [-0.15, -0.1) is 0 Å². The summed E-state index contributed by atoms with van der Waals surface area (Å²) in [6.45, 7) is 0.275. The third-order valence-electron chi connectivity index (χ3n) is 3.30. The Bertz CT molecular complexity index is 420. The zero-order chi connectivity index (χ0) is 17.1. The topological polar surface area (TPSA) is 192 Å². The van der Waals surface area contributed by atoms with Gasteiger partial charge in [0.15, 0.2) is 0 Å². The van der Waals surface area contributed by atoms with Crippen molar-refractivity contribution in [1.29, 1.82) is 0 Å². The van der Waals surface area contributed by atoms with Gasteiger partial charge in [0.1, 0.15) is 18.3 Å². The molecule has 8 N–H and O–H groups in total. The summed E-state index contributed by atoms with van der Waals surface area (Å²) < 4.78 is 5.00. The lowest BCUT2D eigenvalue weighted by Crippen LogP contribution is -2.67. The van der Waals surface area contributed by atoms with Gasteiger partial charge in [-0.3, -0.25) is 4.79 Å². The molecule has 1 aliphatic rings. The molecule has 0 aromatic heterocycles. The van der Waals surface area contributed by atoms with Crippen molar-refractivity contribution in [3.8, 4) is 0 Å². The molecule has 11 nitrogen and oxygen atoms in total. The number of ether oxygens (including phenoxy) is 1. The lowest BCUT2D eigenvalue weighted by Gasteiger charge is -2.44. The smallest absolute Gasteiger partial charge is 0.385 e. The molecule has 128 valence electrons. The van der Waals surface area contributed by atoms with Crippen molar-refractivity contribution in [2.45, 2.75) is 49.6 Å². The minimum absolute atomic E-state index is 0.588. The zero-order valence-electron chi connectivity index (χ0n) is 11.7. The maximum atomic E-state index is 11.5. The van der Waals surface area contributed by atoms with E-state index in [4.69, 9.17) is 9.84 Å². The van der Waals surface area contributed by atoms with Crippen LogP contribution in [0.4, 0.5) is 0 Å². The molecule has 1 saturated heterocycles. The van der Waals surface area contributed by atoms with Crippen molar-refractivity contribution >= 4 is 11.9 Å². The molecule has 0 spiro atoms. The summed E-state index contributed by atoms with van der Waals surface area (Å²) in [5, 5.41) is 50.6.